The second kappa shape index (κ2) is 6.62. The number of nitrogens with zero attached hydrogens (tertiary/aromatic N) is 2. The van der Waals surface area contributed by atoms with Crippen molar-refractivity contribution in [3.63, 3.8) is 0 Å². The molecule has 2 aromatic heterocycles. The third-order valence-electron chi connectivity index (χ3n) is 3.54. The Morgan fingerprint density at radius 1 is 0.929 bits per heavy atom. The average molecular weight is 422 g/mol. The van der Waals surface area contributed by atoms with Gasteiger partial charge in [0.1, 0.15) is 5.52 Å². The molecule has 2 heterocycles. The smallest absolute Gasteiger partial charge is 0.355 e. The fraction of sp³-hybridized carbons (Fsp3) is 0.125. The molecule has 0 radical (unpaired) electrons. The van der Waals surface area contributed by atoms with Gasteiger partial charge < -0.3 is 4.18 Å². The van der Waals surface area contributed by atoms with Crippen molar-refractivity contribution in [1.82, 2.24) is 9.97 Å². The largest absolute Gasteiger partial charge is 0.534 e. The van der Waals surface area contributed by atoms with E-state index in [1.807, 2.05) is 0 Å². The molecule has 0 unspecified atom stereocenters. The molecule has 0 saturated heterocycles. The molecule has 5 nitrogen and oxygen atoms in total. The second-order valence-electron chi connectivity index (χ2n) is 5.44. The predicted molar refractivity (Wildman–Crippen MR) is 85.6 cm³/mol. The van der Waals surface area contributed by atoms with Gasteiger partial charge in [-0.15, -0.1) is 0 Å². The molecule has 0 aliphatic carbocycles. The third-order valence-corrected chi connectivity index (χ3v) is 4.49. The number of halogens is 6. The zero-order valence-corrected chi connectivity index (χ0v) is 14.2. The fourth-order valence-electron chi connectivity index (χ4n) is 2.31. The van der Waals surface area contributed by atoms with Crippen molar-refractivity contribution in [2.45, 2.75) is 11.7 Å². The van der Waals surface area contributed by atoms with Crippen LogP contribution in [0.5, 0.6) is 5.88 Å². The Kier molecular flexibility index (Phi) is 4.69. The lowest BCUT2D eigenvalue weighted by atomic mass is 10.0. The molecule has 0 N–H and O–H groups in total. The molecule has 0 spiro atoms. The molecule has 0 amide bonds. The molecular weight excluding hydrogens is 414 g/mol. The lowest BCUT2D eigenvalue weighted by Crippen LogP contribution is -2.28. The van der Waals surface area contributed by atoms with Gasteiger partial charge in [0.25, 0.3) is 0 Å². The van der Waals surface area contributed by atoms with Crippen molar-refractivity contribution >= 4 is 21.2 Å². The minimum atomic E-state index is -5.95. The van der Waals surface area contributed by atoms with Crippen LogP contribution in [0.4, 0.5) is 26.3 Å². The maximum Gasteiger partial charge on any atom is 0.534 e. The van der Waals surface area contributed by atoms with Crippen LogP contribution in [0, 0.1) is 0 Å². The number of aromatic nitrogens is 2. The zero-order valence-electron chi connectivity index (χ0n) is 13.4. The van der Waals surface area contributed by atoms with Crippen LogP contribution in [0.1, 0.15) is 5.56 Å². The van der Waals surface area contributed by atoms with Crippen LogP contribution in [-0.2, 0) is 16.3 Å². The van der Waals surface area contributed by atoms with Crippen LogP contribution < -0.4 is 4.18 Å². The van der Waals surface area contributed by atoms with E-state index in [1.54, 1.807) is 0 Å². The number of hydrogen-bond acceptors (Lipinski definition) is 5. The van der Waals surface area contributed by atoms with Crippen molar-refractivity contribution in [3.8, 4) is 17.0 Å². The molecule has 3 aromatic rings. The Morgan fingerprint density at radius 2 is 1.64 bits per heavy atom. The van der Waals surface area contributed by atoms with Crippen LogP contribution >= 0.6 is 0 Å². The molecule has 28 heavy (non-hydrogen) atoms. The van der Waals surface area contributed by atoms with E-state index >= 15 is 0 Å². The van der Waals surface area contributed by atoms with Crippen molar-refractivity contribution in [2.24, 2.45) is 0 Å². The maximum absolute atomic E-state index is 12.9. The lowest BCUT2D eigenvalue weighted by molar-refractivity contribution is -0.137. The van der Waals surface area contributed by atoms with Gasteiger partial charge in [0.05, 0.1) is 11.1 Å². The minimum Gasteiger partial charge on any atom is -0.355 e. The van der Waals surface area contributed by atoms with Gasteiger partial charge >= 0.3 is 21.8 Å². The Labute approximate surface area is 153 Å². The van der Waals surface area contributed by atoms with Crippen molar-refractivity contribution in [2.75, 3.05) is 0 Å². The molecule has 1 aromatic carbocycles. The summed E-state index contributed by atoms with van der Waals surface area (Å²) in [6.07, 6.45) is -3.34. The molecule has 0 bridgehead atoms. The molecule has 148 valence electrons. The van der Waals surface area contributed by atoms with E-state index in [0.717, 1.165) is 30.3 Å². The summed E-state index contributed by atoms with van der Waals surface area (Å²) in [7, 11) is -5.95. The summed E-state index contributed by atoms with van der Waals surface area (Å²) < 4.78 is 102. The Hall–Kier alpha value is -2.89. The lowest BCUT2D eigenvalue weighted by Gasteiger charge is -2.12. The first-order valence-electron chi connectivity index (χ1n) is 7.33. The van der Waals surface area contributed by atoms with Crippen LogP contribution in [0.15, 0.2) is 48.7 Å². The van der Waals surface area contributed by atoms with E-state index in [-0.39, 0.29) is 22.2 Å². The summed E-state index contributed by atoms with van der Waals surface area (Å²) in [4.78, 5) is 7.61. The van der Waals surface area contributed by atoms with Gasteiger partial charge in [-0.3, -0.25) is 4.98 Å². The van der Waals surface area contributed by atoms with E-state index in [4.69, 9.17) is 0 Å². The fourth-order valence-corrected chi connectivity index (χ4v) is 2.72. The summed E-state index contributed by atoms with van der Waals surface area (Å²) in [5.41, 5.74) is -6.45. The number of hydrogen-bond donors (Lipinski definition) is 0. The SMILES string of the molecule is O=S(=O)(Oc1ccc2nccc(-c3cccc(C(F)(F)F)c3)c2n1)C(F)(F)F. The Morgan fingerprint density at radius 3 is 2.29 bits per heavy atom. The van der Waals surface area contributed by atoms with Gasteiger partial charge in [0.15, 0.2) is 0 Å². The van der Waals surface area contributed by atoms with E-state index in [1.165, 1.54) is 18.3 Å². The summed E-state index contributed by atoms with van der Waals surface area (Å²) in [6, 6.07) is 7.47. The number of fused-ring (bicyclic) bond motifs is 1. The molecular formula is C16H8F6N2O3S. The monoisotopic (exact) mass is 422 g/mol. The van der Waals surface area contributed by atoms with E-state index in [9.17, 15) is 34.8 Å². The molecule has 0 saturated carbocycles. The first-order valence-corrected chi connectivity index (χ1v) is 8.73. The molecule has 12 heteroatoms. The van der Waals surface area contributed by atoms with Gasteiger partial charge in [-0.05, 0) is 29.8 Å². The minimum absolute atomic E-state index is 0.0607. The topological polar surface area (TPSA) is 69.2 Å². The van der Waals surface area contributed by atoms with Gasteiger partial charge in [0.2, 0.25) is 5.88 Å². The van der Waals surface area contributed by atoms with Gasteiger partial charge in [-0.2, -0.15) is 34.8 Å². The van der Waals surface area contributed by atoms with Gasteiger partial charge in [-0.1, -0.05) is 12.1 Å². The highest BCUT2D eigenvalue weighted by Gasteiger charge is 2.48. The third kappa shape index (κ3) is 3.86. The number of alkyl halides is 6. The summed E-state index contributed by atoms with van der Waals surface area (Å²) in [5, 5.41) is 0. The quantitative estimate of drug-likeness (QED) is 0.352. The van der Waals surface area contributed by atoms with Crippen LogP contribution in [0.3, 0.4) is 0 Å². The van der Waals surface area contributed by atoms with Gasteiger partial charge in [-0.25, -0.2) is 4.98 Å². The normalized spacial score (nSPS) is 12.9. The zero-order chi connectivity index (χ0) is 20.7. The van der Waals surface area contributed by atoms with Crippen molar-refractivity contribution < 1.29 is 38.9 Å². The highest BCUT2D eigenvalue weighted by Crippen LogP contribution is 2.34. The Bertz CT molecular complexity index is 1140. The summed E-state index contributed by atoms with van der Waals surface area (Å²) in [6.45, 7) is 0. The highest BCUT2D eigenvalue weighted by atomic mass is 32.2. The standard InChI is InChI=1S/C16H8F6N2O3S/c17-15(18,19)10-3-1-2-9(8-10)11-6-7-23-12-4-5-13(24-14(11)12)27-28(25,26)16(20,21)22/h1-8H. The van der Waals surface area contributed by atoms with Gasteiger partial charge in [0, 0.05) is 17.8 Å². The first kappa shape index (κ1) is 19.9. The number of pyridine rings is 2. The molecule has 0 aliphatic heterocycles. The van der Waals surface area contributed by atoms with Crippen molar-refractivity contribution in [3.05, 3.63) is 54.2 Å². The predicted octanol–water partition coefficient (Wildman–Crippen LogP) is 4.54. The maximum atomic E-state index is 12.9. The summed E-state index contributed by atoms with van der Waals surface area (Å²) >= 11 is 0. The molecule has 0 atom stereocenters. The molecule has 3 rings (SSSR count). The molecule has 0 aliphatic rings. The highest BCUT2D eigenvalue weighted by molar-refractivity contribution is 7.87. The molecule has 0 fully saturated rings. The second-order valence-corrected chi connectivity index (χ2v) is 6.98. The Balaban J connectivity index is 2.13. The number of benzene rings is 1. The van der Waals surface area contributed by atoms with Crippen LogP contribution in [0.2, 0.25) is 0 Å². The van der Waals surface area contributed by atoms with E-state index in [2.05, 4.69) is 14.2 Å². The van der Waals surface area contributed by atoms with E-state index < -0.39 is 33.2 Å². The average Bonchev–Trinajstić information content (AvgIpc) is 2.59. The van der Waals surface area contributed by atoms with Crippen LogP contribution in [-0.4, -0.2) is 23.9 Å². The van der Waals surface area contributed by atoms with E-state index in [0.29, 0.717) is 0 Å². The number of rotatable bonds is 3. The summed E-state index contributed by atoms with van der Waals surface area (Å²) in [5.74, 6) is -0.897. The first-order chi connectivity index (χ1) is 12.9. The van der Waals surface area contributed by atoms with Crippen LogP contribution in [0.25, 0.3) is 22.2 Å². The van der Waals surface area contributed by atoms with Crippen molar-refractivity contribution in [1.29, 1.82) is 0 Å².